The molecule has 3 rings (SSSR count). The van der Waals surface area contributed by atoms with Gasteiger partial charge in [-0.2, -0.15) is 5.10 Å². The molecular formula is C15H18N4OS. The summed E-state index contributed by atoms with van der Waals surface area (Å²) in [4.78, 5) is 0. The first-order valence-electron chi connectivity index (χ1n) is 6.89. The number of hydrogen-bond acceptors (Lipinski definition) is 3. The average molecular weight is 302 g/mol. The Labute approximate surface area is 129 Å². The van der Waals surface area contributed by atoms with Crippen LogP contribution in [0.25, 0.3) is 0 Å². The van der Waals surface area contributed by atoms with Crippen molar-refractivity contribution in [2.45, 2.75) is 25.8 Å². The molecule has 6 heteroatoms. The molecule has 1 aliphatic rings. The summed E-state index contributed by atoms with van der Waals surface area (Å²) in [6.45, 7) is 4.29. The highest BCUT2D eigenvalue weighted by Crippen LogP contribution is 2.36. The molecule has 1 unspecified atom stereocenters. The Morgan fingerprint density at radius 2 is 1.95 bits per heavy atom. The zero-order valence-electron chi connectivity index (χ0n) is 12.2. The third-order valence-electron chi connectivity index (χ3n) is 3.66. The summed E-state index contributed by atoms with van der Waals surface area (Å²) in [6, 6.07) is 8.00. The summed E-state index contributed by atoms with van der Waals surface area (Å²) < 4.78 is 5.22. The molecule has 5 nitrogen and oxygen atoms in total. The van der Waals surface area contributed by atoms with Crippen molar-refractivity contribution >= 4 is 23.1 Å². The molecule has 1 atom stereocenters. The maximum absolute atomic E-state index is 5.28. The Hall–Kier alpha value is -2.08. The van der Waals surface area contributed by atoms with E-state index in [4.69, 9.17) is 17.0 Å². The standard InChI is InChI=1S/C15H18N4OS/c1-8(2)12-11-13(9-4-6-10(20-3)7-5-9)16-15(21)17-14(11)19-18-12/h4-8,13H,1-3H3,(H3,16,17,18,19,21). The summed E-state index contributed by atoms with van der Waals surface area (Å²) in [5, 5.41) is 14.5. The lowest BCUT2D eigenvalue weighted by Gasteiger charge is -2.27. The number of methoxy groups -OCH3 is 1. The van der Waals surface area contributed by atoms with Gasteiger partial charge in [-0.05, 0) is 35.8 Å². The SMILES string of the molecule is COc1ccc(C2NC(=S)Nc3n[nH]c(C(C)C)c32)cc1. The van der Waals surface area contributed by atoms with E-state index >= 15 is 0 Å². The van der Waals surface area contributed by atoms with Crippen LogP contribution in [0.3, 0.4) is 0 Å². The highest BCUT2D eigenvalue weighted by atomic mass is 32.1. The number of ether oxygens (including phenoxy) is 1. The number of aromatic nitrogens is 2. The maximum Gasteiger partial charge on any atom is 0.172 e. The van der Waals surface area contributed by atoms with Gasteiger partial charge in [-0.1, -0.05) is 26.0 Å². The van der Waals surface area contributed by atoms with Gasteiger partial charge in [0, 0.05) is 11.3 Å². The minimum Gasteiger partial charge on any atom is -0.497 e. The van der Waals surface area contributed by atoms with Crippen molar-refractivity contribution < 1.29 is 4.74 Å². The summed E-state index contributed by atoms with van der Waals surface area (Å²) in [5.74, 6) is 2.01. The van der Waals surface area contributed by atoms with Gasteiger partial charge in [-0.3, -0.25) is 5.10 Å². The Kier molecular flexibility index (Phi) is 3.55. The number of anilines is 1. The smallest absolute Gasteiger partial charge is 0.172 e. The van der Waals surface area contributed by atoms with Gasteiger partial charge in [0.2, 0.25) is 0 Å². The van der Waals surface area contributed by atoms with Gasteiger partial charge in [0.1, 0.15) is 5.75 Å². The second-order valence-corrected chi connectivity index (χ2v) is 5.77. The molecule has 1 aromatic carbocycles. The highest BCUT2D eigenvalue weighted by molar-refractivity contribution is 7.80. The Bertz CT molecular complexity index is 663. The average Bonchev–Trinajstić information content (AvgIpc) is 2.90. The Morgan fingerprint density at radius 1 is 1.24 bits per heavy atom. The lowest BCUT2D eigenvalue weighted by atomic mass is 9.93. The van der Waals surface area contributed by atoms with Gasteiger partial charge >= 0.3 is 0 Å². The van der Waals surface area contributed by atoms with E-state index < -0.39 is 0 Å². The number of nitrogens with one attached hydrogen (secondary N) is 3. The van der Waals surface area contributed by atoms with Gasteiger partial charge < -0.3 is 15.4 Å². The quantitative estimate of drug-likeness (QED) is 0.761. The van der Waals surface area contributed by atoms with Crippen LogP contribution in [0.15, 0.2) is 24.3 Å². The first-order chi connectivity index (χ1) is 10.1. The molecule has 0 radical (unpaired) electrons. The predicted molar refractivity (Wildman–Crippen MR) is 86.9 cm³/mol. The second-order valence-electron chi connectivity index (χ2n) is 5.36. The molecule has 0 spiro atoms. The molecule has 0 amide bonds. The van der Waals surface area contributed by atoms with Crippen molar-refractivity contribution in [2.75, 3.05) is 12.4 Å². The second kappa shape index (κ2) is 5.37. The minimum absolute atomic E-state index is 0.00388. The van der Waals surface area contributed by atoms with Gasteiger partial charge in [-0.15, -0.1) is 0 Å². The van der Waals surface area contributed by atoms with Gasteiger partial charge in [0.25, 0.3) is 0 Å². The van der Waals surface area contributed by atoms with E-state index in [2.05, 4.69) is 34.7 Å². The highest BCUT2D eigenvalue weighted by Gasteiger charge is 2.30. The van der Waals surface area contributed by atoms with Gasteiger partial charge in [-0.25, -0.2) is 0 Å². The van der Waals surface area contributed by atoms with E-state index in [0.717, 1.165) is 28.4 Å². The van der Waals surface area contributed by atoms with Crippen LogP contribution in [-0.2, 0) is 0 Å². The molecule has 0 bridgehead atoms. The fraction of sp³-hybridized carbons (Fsp3) is 0.333. The number of H-pyrrole nitrogens is 1. The van der Waals surface area contributed by atoms with Crippen LogP contribution in [0.4, 0.5) is 5.82 Å². The lowest BCUT2D eigenvalue weighted by Crippen LogP contribution is -2.38. The first-order valence-corrected chi connectivity index (χ1v) is 7.30. The molecule has 0 fully saturated rings. The summed E-state index contributed by atoms with van der Waals surface area (Å²) in [5.41, 5.74) is 3.38. The van der Waals surface area contributed by atoms with Gasteiger partial charge in [0.15, 0.2) is 10.9 Å². The normalized spacial score (nSPS) is 17.1. The summed E-state index contributed by atoms with van der Waals surface area (Å²) in [7, 11) is 1.66. The largest absolute Gasteiger partial charge is 0.497 e. The molecule has 0 saturated carbocycles. The molecule has 1 aromatic heterocycles. The molecule has 0 saturated heterocycles. The fourth-order valence-corrected chi connectivity index (χ4v) is 2.80. The third kappa shape index (κ3) is 2.47. The maximum atomic E-state index is 5.28. The van der Waals surface area contributed by atoms with Crippen molar-refractivity contribution in [3.05, 3.63) is 41.1 Å². The van der Waals surface area contributed by atoms with Crippen LogP contribution in [0.2, 0.25) is 0 Å². The molecule has 21 heavy (non-hydrogen) atoms. The van der Waals surface area contributed by atoms with E-state index in [1.54, 1.807) is 7.11 Å². The van der Waals surface area contributed by atoms with Crippen molar-refractivity contribution in [1.29, 1.82) is 0 Å². The van der Waals surface area contributed by atoms with Crippen LogP contribution in [0, 0.1) is 0 Å². The number of rotatable bonds is 3. The molecule has 0 aliphatic carbocycles. The molecule has 2 aromatic rings. The molecule has 2 heterocycles. The van der Waals surface area contributed by atoms with Crippen molar-refractivity contribution in [3.8, 4) is 5.75 Å². The van der Waals surface area contributed by atoms with E-state index in [0.29, 0.717) is 11.0 Å². The Balaban J connectivity index is 2.06. The van der Waals surface area contributed by atoms with Crippen LogP contribution in [-0.4, -0.2) is 22.4 Å². The first kappa shape index (κ1) is 13.9. The van der Waals surface area contributed by atoms with Crippen LogP contribution >= 0.6 is 12.2 Å². The molecule has 1 aliphatic heterocycles. The van der Waals surface area contributed by atoms with E-state index in [1.807, 2.05) is 24.3 Å². The molecular weight excluding hydrogens is 284 g/mol. The summed E-state index contributed by atoms with van der Waals surface area (Å²) in [6.07, 6.45) is 0. The molecule has 110 valence electrons. The monoisotopic (exact) mass is 302 g/mol. The van der Waals surface area contributed by atoms with E-state index in [9.17, 15) is 0 Å². The third-order valence-corrected chi connectivity index (χ3v) is 3.88. The van der Waals surface area contributed by atoms with Crippen molar-refractivity contribution in [1.82, 2.24) is 15.5 Å². The number of nitrogens with zero attached hydrogens (tertiary/aromatic N) is 1. The number of benzene rings is 1. The Morgan fingerprint density at radius 3 is 2.57 bits per heavy atom. The number of aromatic amines is 1. The lowest BCUT2D eigenvalue weighted by molar-refractivity contribution is 0.414. The zero-order valence-corrected chi connectivity index (χ0v) is 13.0. The number of thiocarbonyl (C=S) groups is 1. The van der Waals surface area contributed by atoms with E-state index in [-0.39, 0.29) is 6.04 Å². The zero-order chi connectivity index (χ0) is 15.0. The van der Waals surface area contributed by atoms with Crippen molar-refractivity contribution in [3.63, 3.8) is 0 Å². The topological polar surface area (TPSA) is 62.0 Å². The fourth-order valence-electron chi connectivity index (χ4n) is 2.58. The van der Waals surface area contributed by atoms with Crippen molar-refractivity contribution in [2.24, 2.45) is 0 Å². The van der Waals surface area contributed by atoms with E-state index in [1.165, 1.54) is 0 Å². The minimum atomic E-state index is -0.00388. The van der Waals surface area contributed by atoms with Gasteiger partial charge in [0.05, 0.1) is 13.2 Å². The van der Waals surface area contributed by atoms with Crippen LogP contribution in [0.1, 0.15) is 42.6 Å². The number of hydrogen-bond donors (Lipinski definition) is 3. The number of fused-ring (bicyclic) bond motifs is 1. The van der Waals surface area contributed by atoms with Crippen LogP contribution < -0.4 is 15.4 Å². The molecule has 3 N–H and O–H groups in total. The summed E-state index contributed by atoms with van der Waals surface area (Å²) >= 11 is 5.28. The van der Waals surface area contributed by atoms with Crippen LogP contribution in [0.5, 0.6) is 5.75 Å². The predicted octanol–water partition coefficient (Wildman–Crippen LogP) is 2.93.